The molecule has 0 saturated heterocycles. The van der Waals surface area contributed by atoms with Gasteiger partial charge >= 0.3 is 0 Å². The van der Waals surface area contributed by atoms with Crippen molar-refractivity contribution in [3.63, 3.8) is 0 Å². The van der Waals surface area contributed by atoms with Crippen LogP contribution in [-0.4, -0.2) is 15.0 Å². The Morgan fingerprint density at radius 2 is 2.05 bits per heavy atom. The van der Waals surface area contributed by atoms with E-state index in [-0.39, 0.29) is 5.41 Å². The first-order valence-electron chi connectivity index (χ1n) is 7.42. The number of nitrogens with zero attached hydrogens (tertiary/aromatic N) is 2. The van der Waals surface area contributed by atoms with Gasteiger partial charge in [-0.2, -0.15) is 0 Å². The number of hydrogen-bond acceptors (Lipinski definition) is 2. The van der Waals surface area contributed by atoms with Gasteiger partial charge in [-0.05, 0) is 43.7 Å². The Morgan fingerprint density at radius 3 is 2.74 bits per heavy atom. The summed E-state index contributed by atoms with van der Waals surface area (Å²) >= 11 is 0. The van der Waals surface area contributed by atoms with Crippen LogP contribution in [0.5, 0.6) is 0 Å². The molecule has 3 heteroatoms. The molecule has 19 heavy (non-hydrogen) atoms. The smallest absolute Gasteiger partial charge is 0.177 e. The van der Waals surface area contributed by atoms with Crippen molar-refractivity contribution in [2.45, 2.75) is 58.3 Å². The molecule has 0 aromatic carbocycles. The molecule has 0 spiro atoms. The fourth-order valence-electron chi connectivity index (χ4n) is 3.63. The van der Waals surface area contributed by atoms with E-state index in [0.29, 0.717) is 5.92 Å². The largest absolute Gasteiger partial charge is 0.340 e. The highest BCUT2D eigenvalue weighted by Gasteiger charge is 2.38. The summed E-state index contributed by atoms with van der Waals surface area (Å²) < 4.78 is 0. The lowest BCUT2D eigenvalue weighted by Gasteiger charge is -2.28. The summed E-state index contributed by atoms with van der Waals surface area (Å²) in [7, 11) is 0. The summed E-state index contributed by atoms with van der Waals surface area (Å²) in [5.41, 5.74) is 3.41. The van der Waals surface area contributed by atoms with Crippen LogP contribution in [-0.2, 0) is 5.41 Å². The minimum atomic E-state index is 0.267. The molecule has 2 aromatic heterocycles. The van der Waals surface area contributed by atoms with Crippen LogP contribution in [0.3, 0.4) is 0 Å². The topological polar surface area (TPSA) is 41.6 Å². The predicted octanol–water partition coefficient (Wildman–Crippen LogP) is 4.12. The third-order valence-corrected chi connectivity index (χ3v) is 4.34. The molecule has 0 aliphatic heterocycles. The summed E-state index contributed by atoms with van der Waals surface area (Å²) in [6.07, 6.45) is 8.32. The van der Waals surface area contributed by atoms with Crippen LogP contribution in [0.15, 0.2) is 12.3 Å². The van der Waals surface area contributed by atoms with E-state index >= 15 is 0 Å². The Morgan fingerprint density at radius 1 is 1.32 bits per heavy atom. The van der Waals surface area contributed by atoms with E-state index in [0.717, 1.165) is 11.2 Å². The molecule has 3 rings (SSSR count). The van der Waals surface area contributed by atoms with Crippen LogP contribution in [0.2, 0.25) is 0 Å². The normalized spacial score (nSPS) is 18.5. The predicted molar refractivity (Wildman–Crippen MR) is 78.2 cm³/mol. The van der Waals surface area contributed by atoms with Crippen molar-refractivity contribution in [2.24, 2.45) is 5.92 Å². The molecule has 3 nitrogen and oxygen atoms in total. The van der Waals surface area contributed by atoms with Gasteiger partial charge in [-0.1, -0.05) is 26.7 Å². The number of hydrogen-bond donors (Lipinski definition) is 1. The highest BCUT2D eigenvalue weighted by atomic mass is 15.0. The van der Waals surface area contributed by atoms with Crippen LogP contribution in [0.4, 0.5) is 0 Å². The van der Waals surface area contributed by atoms with E-state index in [2.05, 4.69) is 36.8 Å². The zero-order chi connectivity index (χ0) is 13.5. The Kier molecular flexibility index (Phi) is 3.08. The van der Waals surface area contributed by atoms with Gasteiger partial charge in [0.2, 0.25) is 0 Å². The van der Waals surface area contributed by atoms with E-state index in [4.69, 9.17) is 4.98 Å². The van der Waals surface area contributed by atoms with Crippen molar-refractivity contribution in [1.82, 2.24) is 15.0 Å². The molecule has 0 amide bonds. The van der Waals surface area contributed by atoms with Crippen LogP contribution in [0.25, 0.3) is 11.2 Å². The number of pyridine rings is 1. The fourth-order valence-corrected chi connectivity index (χ4v) is 3.63. The number of rotatable bonds is 3. The maximum atomic E-state index is 4.79. The first-order valence-corrected chi connectivity index (χ1v) is 7.42. The van der Waals surface area contributed by atoms with Crippen molar-refractivity contribution < 1.29 is 0 Å². The maximum Gasteiger partial charge on any atom is 0.177 e. The number of fused-ring (bicyclic) bond motifs is 1. The van der Waals surface area contributed by atoms with E-state index in [9.17, 15) is 0 Å². The van der Waals surface area contributed by atoms with Gasteiger partial charge in [-0.25, -0.2) is 9.97 Å². The van der Waals surface area contributed by atoms with Crippen LogP contribution in [0, 0.1) is 12.8 Å². The Labute approximate surface area is 114 Å². The van der Waals surface area contributed by atoms with Gasteiger partial charge in [0.05, 0.1) is 5.52 Å². The van der Waals surface area contributed by atoms with Gasteiger partial charge in [-0.15, -0.1) is 0 Å². The van der Waals surface area contributed by atoms with E-state index in [1.54, 1.807) is 0 Å². The highest BCUT2D eigenvalue weighted by molar-refractivity contribution is 5.71. The highest BCUT2D eigenvalue weighted by Crippen LogP contribution is 2.44. The Balaban J connectivity index is 2.05. The number of imidazole rings is 1. The Bertz CT molecular complexity index is 577. The number of nitrogens with one attached hydrogen (secondary N) is 1. The van der Waals surface area contributed by atoms with Crippen molar-refractivity contribution in [3.05, 3.63) is 23.7 Å². The van der Waals surface area contributed by atoms with Crippen molar-refractivity contribution in [3.8, 4) is 0 Å². The lowest BCUT2D eigenvalue weighted by Crippen LogP contribution is -2.25. The average Bonchev–Trinajstić information content (AvgIpc) is 2.94. The molecule has 1 N–H and O–H groups in total. The van der Waals surface area contributed by atoms with Gasteiger partial charge in [0.25, 0.3) is 0 Å². The molecule has 1 aliphatic rings. The van der Waals surface area contributed by atoms with Gasteiger partial charge in [0, 0.05) is 11.6 Å². The van der Waals surface area contributed by atoms with Gasteiger partial charge < -0.3 is 4.98 Å². The third kappa shape index (κ3) is 2.26. The fraction of sp³-hybridized carbons (Fsp3) is 0.625. The molecule has 102 valence electrons. The van der Waals surface area contributed by atoms with Gasteiger partial charge in [0.15, 0.2) is 5.65 Å². The SMILES string of the molecule is Cc1cnc2nc(C3(CC(C)C)CCCC3)[nH]c2c1. The van der Waals surface area contributed by atoms with Crippen molar-refractivity contribution in [2.75, 3.05) is 0 Å². The number of aromatic amines is 1. The summed E-state index contributed by atoms with van der Waals surface area (Å²) in [4.78, 5) is 12.8. The molecule has 0 unspecified atom stereocenters. The molecule has 1 aliphatic carbocycles. The zero-order valence-corrected chi connectivity index (χ0v) is 12.2. The lowest BCUT2D eigenvalue weighted by molar-refractivity contribution is 0.331. The second-order valence-corrected chi connectivity index (χ2v) is 6.55. The van der Waals surface area contributed by atoms with Crippen LogP contribution in [0.1, 0.15) is 57.3 Å². The van der Waals surface area contributed by atoms with E-state index in [1.807, 2.05) is 6.20 Å². The minimum Gasteiger partial charge on any atom is -0.340 e. The van der Waals surface area contributed by atoms with E-state index < -0.39 is 0 Å². The summed E-state index contributed by atoms with van der Waals surface area (Å²) in [5, 5.41) is 0. The molecule has 2 aromatic rings. The second kappa shape index (κ2) is 4.62. The number of aryl methyl sites for hydroxylation is 1. The zero-order valence-electron chi connectivity index (χ0n) is 12.2. The number of H-pyrrole nitrogens is 1. The van der Waals surface area contributed by atoms with Gasteiger partial charge in [-0.3, -0.25) is 0 Å². The quantitative estimate of drug-likeness (QED) is 0.898. The summed E-state index contributed by atoms with van der Waals surface area (Å²) in [6.45, 7) is 6.70. The maximum absolute atomic E-state index is 4.79. The third-order valence-electron chi connectivity index (χ3n) is 4.34. The van der Waals surface area contributed by atoms with Gasteiger partial charge in [0.1, 0.15) is 5.82 Å². The molecule has 2 heterocycles. The molecule has 1 saturated carbocycles. The second-order valence-electron chi connectivity index (χ2n) is 6.55. The minimum absolute atomic E-state index is 0.267. The molecular weight excluding hydrogens is 234 g/mol. The van der Waals surface area contributed by atoms with Crippen LogP contribution >= 0.6 is 0 Å². The molecular formula is C16H23N3. The summed E-state index contributed by atoms with van der Waals surface area (Å²) in [6, 6.07) is 2.15. The molecule has 0 radical (unpaired) electrons. The molecule has 1 fully saturated rings. The summed E-state index contributed by atoms with van der Waals surface area (Å²) in [5.74, 6) is 1.88. The van der Waals surface area contributed by atoms with Crippen molar-refractivity contribution in [1.29, 1.82) is 0 Å². The number of aromatic nitrogens is 3. The first-order chi connectivity index (χ1) is 9.09. The molecule has 0 bridgehead atoms. The first kappa shape index (κ1) is 12.6. The Hall–Kier alpha value is -1.38. The standard InChI is InChI=1S/C16H23N3/c1-11(2)9-16(6-4-5-7-16)15-18-13-8-12(3)10-17-14(13)19-15/h8,10-11H,4-7,9H2,1-3H3,(H,17,18,19). The monoisotopic (exact) mass is 257 g/mol. The van der Waals surface area contributed by atoms with E-state index in [1.165, 1.54) is 43.5 Å². The van der Waals surface area contributed by atoms with Crippen molar-refractivity contribution >= 4 is 11.2 Å². The van der Waals surface area contributed by atoms with Crippen LogP contribution < -0.4 is 0 Å². The molecule has 0 atom stereocenters. The lowest BCUT2D eigenvalue weighted by atomic mass is 9.78. The average molecular weight is 257 g/mol.